The van der Waals surface area contributed by atoms with E-state index in [0.29, 0.717) is 0 Å². The van der Waals surface area contributed by atoms with Gasteiger partial charge in [-0.05, 0) is 13.0 Å². The Bertz CT molecular complexity index is 134. The van der Waals surface area contributed by atoms with Crippen LogP contribution in [0.25, 0.3) is 0 Å². The summed E-state index contributed by atoms with van der Waals surface area (Å²) in [5.41, 5.74) is 0. The first-order valence-corrected chi connectivity index (χ1v) is 8.65. The van der Waals surface area contributed by atoms with Crippen LogP contribution in [-0.4, -0.2) is 34.1 Å². The summed E-state index contributed by atoms with van der Waals surface area (Å²) < 4.78 is 0. The lowest BCUT2D eigenvalue weighted by molar-refractivity contribution is -0.109. The smallest absolute Gasteiger partial charge is 0.207 e. The molecular formula is C9H22N2OSi. The summed E-state index contributed by atoms with van der Waals surface area (Å²) in [5, 5.41) is 5.91. The molecule has 2 N–H and O–H groups in total. The van der Waals surface area contributed by atoms with Gasteiger partial charge in [0, 0.05) is 21.2 Å². The van der Waals surface area contributed by atoms with Crippen LogP contribution in [0.2, 0.25) is 25.7 Å². The third-order valence-corrected chi connectivity index (χ3v) is 3.66. The van der Waals surface area contributed by atoms with Gasteiger partial charge in [0.1, 0.15) is 0 Å². The highest BCUT2D eigenvalue weighted by Crippen LogP contribution is 2.09. The summed E-state index contributed by atoms with van der Waals surface area (Å²) in [4.78, 5) is 9.89. The molecule has 1 amide bonds. The van der Waals surface area contributed by atoms with E-state index >= 15 is 0 Å². The predicted octanol–water partition coefficient (Wildman–Crippen LogP) is 1.05. The molecule has 0 atom stereocenters. The van der Waals surface area contributed by atoms with Crippen LogP contribution >= 0.6 is 0 Å². The molecule has 0 radical (unpaired) electrons. The van der Waals surface area contributed by atoms with E-state index < -0.39 is 8.07 Å². The molecule has 0 bridgehead atoms. The number of carbonyl (C=O) groups excluding carboxylic acids is 1. The minimum Gasteiger partial charge on any atom is -0.357 e. The minimum atomic E-state index is -0.844. The van der Waals surface area contributed by atoms with Gasteiger partial charge in [-0.1, -0.05) is 25.7 Å². The molecule has 0 aliphatic carbocycles. The molecule has 0 saturated heterocycles. The van der Waals surface area contributed by atoms with Crippen molar-refractivity contribution in [1.29, 1.82) is 0 Å². The van der Waals surface area contributed by atoms with Gasteiger partial charge >= 0.3 is 0 Å². The van der Waals surface area contributed by atoms with Gasteiger partial charge in [-0.15, -0.1) is 0 Å². The van der Waals surface area contributed by atoms with Gasteiger partial charge in [-0.2, -0.15) is 0 Å². The highest BCUT2D eigenvalue weighted by Gasteiger charge is 2.10. The molecule has 0 heterocycles. The van der Waals surface area contributed by atoms with E-state index in [9.17, 15) is 4.79 Å². The van der Waals surface area contributed by atoms with Crippen molar-refractivity contribution in [2.24, 2.45) is 0 Å². The third-order valence-electron chi connectivity index (χ3n) is 1.81. The van der Waals surface area contributed by atoms with Gasteiger partial charge in [0.2, 0.25) is 6.41 Å². The number of carbonyl (C=O) groups is 1. The van der Waals surface area contributed by atoms with Crippen molar-refractivity contribution in [2.45, 2.75) is 32.1 Å². The van der Waals surface area contributed by atoms with Crippen LogP contribution in [0.5, 0.6) is 0 Å². The molecule has 0 saturated carbocycles. The van der Waals surface area contributed by atoms with Gasteiger partial charge in [-0.25, -0.2) is 0 Å². The standard InChI is InChI=1S/C9H22N2OSi/c1-13(2,3)8-4-5-10-6-7-11-9-12/h9-10H,4-8H2,1-3H3,(H,11,12). The Morgan fingerprint density at radius 2 is 1.85 bits per heavy atom. The second-order valence-corrected chi connectivity index (χ2v) is 10.1. The summed E-state index contributed by atoms with van der Waals surface area (Å²) in [6.45, 7) is 9.86. The highest BCUT2D eigenvalue weighted by molar-refractivity contribution is 6.76. The number of nitrogens with one attached hydrogen (secondary N) is 2. The van der Waals surface area contributed by atoms with Crippen molar-refractivity contribution in [2.75, 3.05) is 19.6 Å². The molecule has 0 aliphatic rings. The largest absolute Gasteiger partial charge is 0.357 e. The molecule has 0 aromatic rings. The summed E-state index contributed by atoms with van der Waals surface area (Å²) >= 11 is 0. The van der Waals surface area contributed by atoms with E-state index in [1.807, 2.05) is 0 Å². The van der Waals surface area contributed by atoms with Gasteiger partial charge in [0.15, 0.2) is 0 Å². The SMILES string of the molecule is C[Si](C)(C)CCCNCCNC=O. The normalized spacial score (nSPS) is 11.3. The van der Waals surface area contributed by atoms with Crippen molar-refractivity contribution in [3.05, 3.63) is 0 Å². The molecule has 0 unspecified atom stereocenters. The van der Waals surface area contributed by atoms with Crippen LogP contribution in [-0.2, 0) is 4.79 Å². The highest BCUT2D eigenvalue weighted by atomic mass is 28.3. The maximum Gasteiger partial charge on any atom is 0.207 e. The Kier molecular flexibility index (Phi) is 6.90. The van der Waals surface area contributed by atoms with E-state index in [4.69, 9.17) is 0 Å². The van der Waals surface area contributed by atoms with Gasteiger partial charge in [0.05, 0.1) is 0 Å². The molecule has 0 aromatic carbocycles. The second kappa shape index (κ2) is 7.09. The fraction of sp³-hybridized carbons (Fsp3) is 0.889. The van der Waals surface area contributed by atoms with Crippen molar-refractivity contribution in [1.82, 2.24) is 10.6 Å². The van der Waals surface area contributed by atoms with Crippen molar-refractivity contribution < 1.29 is 4.79 Å². The van der Waals surface area contributed by atoms with Crippen LogP contribution in [0.15, 0.2) is 0 Å². The molecule has 13 heavy (non-hydrogen) atoms. The lowest BCUT2D eigenvalue weighted by Gasteiger charge is -2.15. The Hall–Kier alpha value is -0.353. The third kappa shape index (κ3) is 11.6. The Morgan fingerprint density at radius 3 is 2.38 bits per heavy atom. The number of hydrogen-bond donors (Lipinski definition) is 2. The molecule has 0 aromatic heterocycles. The zero-order valence-corrected chi connectivity index (χ0v) is 10.0. The summed E-state index contributed by atoms with van der Waals surface area (Å²) in [6, 6.07) is 1.38. The second-order valence-electron chi connectivity index (χ2n) is 4.49. The van der Waals surface area contributed by atoms with Crippen LogP contribution in [0.1, 0.15) is 6.42 Å². The van der Waals surface area contributed by atoms with E-state index in [1.165, 1.54) is 12.5 Å². The van der Waals surface area contributed by atoms with Crippen molar-refractivity contribution >= 4 is 14.5 Å². The first kappa shape index (κ1) is 12.6. The van der Waals surface area contributed by atoms with Crippen molar-refractivity contribution in [3.63, 3.8) is 0 Å². The maximum atomic E-state index is 9.89. The van der Waals surface area contributed by atoms with Gasteiger partial charge < -0.3 is 10.6 Å². The monoisotopic (exact) mass is 202 g/mol. The topological polar surface area (TPSA) is 41.1 Å². The van der Waals surface area contributed by atoms with E-state index in [2.05, 4.69) is 30.3 Å². The fourth-order valence-corrected chi connectivity index (χ4v) is 2.33. The van der Waals surface area contributed by atoms with E-state index in [1.54, 1.807) is 0 Å². The van der Waals surface area contributed by atoms with Crippen molar-refractivity contribution in [3.8, 4) is 0 Å². The number of rotatable bonds is 8. The lowest BCUT2D eigenvalue weighted by Crippen LogP contribution is -2.28. The first-order chi connectivity index (χ1) is 6.06. The molecule has 0 fully saturated rings. The lowest BCUT2D eigenvalue weighted by atomic mass is 10.4. The van der Waals surface area contributed by atoms with E-state index in [-0.39, 0.29) is 0 Å². The summed E-state index contributed by atoms with van der Waals surface area (Å²) in [5.74, 6) is 0. The zero-order chi connectivity index (χ0) is 10.2. The average Bonchev–Trinajstić information content (AvgIpc) is 2.01. The molecular weight excluding hydrogens is 180 g/mol. The predicted molar refractivity (Wildman–Crippen MR) is 59.7 cm³/mol. The maximum absolute atomic E-state index is 9.89. The summed E-state index contributed by atoms with van der Waals surface area (Å²) in [7, 11) is -0.844. The van der Waals surface area contributed by atoms with Crippen LogP contribution in [0, 0.1) is 0 Å². The molecule has 0 aliphatic heterocycles. The summed E-state index contributed by atoms with van der Waals surface area (Å²) in [6.07, 6.45) is 2.00. The molecule has 0 spiro atoms. The van der Waals surface area contributed by atoms with Gasteiger partial charge in [-0.3, -0.25) is 4.79 Å². The van der Waals surface area contributed by atoms with Crippen LogP contribution in [0.3, 0.4) is 0 Å². The fourth-order valence-electron chi connectivity index (χ4n) is 1.09. The zero-order valence-electron chi connectivity index (χ0n) is 9.02. The van der Waals surface area contributed by atoms with Crippen LogP contribution in [0.4, 0.5) is 0 Å². The minimum absolute atomic E-state index is 0.733. The van der Waals surface area contributed by atoms with Gasteiger partial charge in [0.25, 0.3) is 0 Å². The Labute approximate surface area is 82.3 Å². The molecule has 0 rings (SSSR count). The quantitative estimate of drug-likeness (QED) is 0.351. The Balaban J connectivity index is 3.04. The first-order valence-electron chi connectivity index (χ1n) is 4.94. The number of amides is 1. The molecule has 4 heteroatoms. The van der Waals surface area contributed by atoms with Crippen LogP contribution < -0.4 is 10.6 Å². The average molecular weight is 202 g/mol. The molecule has 78 valence electrons. The molecule has 3 nitrogen and oxygen atoms in total. The number of hydrogen-bond acceptors (Lipinski definition) is 2. The Morgan fingerprint density at radius 1 is 1.15 bits per heavy atom. The van der Waals surface area contributed by atoms with E-state index in [0.717, 1.165) is 26.0 Å².